The highest BCUT2D eigenvalue weighted by Crippen LogP contribution is 2.28. The van der Waals surface area contributed by atoms with Gasteiger partial charge in [-0.2, -0.15) is 9.31 Å². The van der Waals surface area contributed by atoms with Crippen LogP contribution in [-0.4, -0.2) is 10.8 Å². The van der Waals surface area contributed by atoms with Crippen LogP contribution in [0.3, 0.4) is 0 Å². The highest BCUT2D eigenvalue weighted by atomic mass is 32.2. The van der Waals surface area contributed by atoms with E-state index in [1.165, 1.54) is 6.08 Å². The van der Waals surface area contributed by atoms with Gasteiger partial charge < -0.3 is 0 Å². The lowest BCUT2D eigenvalue weighted by atomic mass is 10.7. The quantitative estimate of drug-likeness (QED) is 0.556. The van der Waals surface area contributed by atoms with Crippen LogP contribution in [0.25, 0.3) is 0 Å². The predicted molar refractivity (Wildman–Crippen MR) is 29.0 cm³/mol. The van der Waals surface area contributed by atoms with Crippen molar-refractivity contribution in [2.75, 3.05) is 0 Å². The van der Waals surface area contributed by atoms with Crippen molar-refractivity contribution in [3.8, 4) is 0 Å². The summed E-state index contributed by atoms with van der Waals surface area (Å²) in [4.78, 5) is 3.45. The molecule has 10 heavy (non-hydrogen) atoms. The largest absolute Gasteiger partial charge is 0.544 e. The Labute approximate surface area is 59.7 Å². The third-order valence-electron chi connectivity index (χ3n) is 0.600. The molecule has 0 N–H and O–H groups in total. The zero-order valence-corrected chi connectivity index (χ0v) is 5.37. The van der Waals surface area contributed by atoms with Gasteiger partial charge in [-0.3, -0.25) is 0 Å². The molecule has 0 aromatic heterocycles. The monoisotopic (exact) mass is 169 g/mol. The SMILES string of the molecule is FC(F)(F)ON1C=C[C]S1. The third kappa shape index (κ3) is 2.49. The maximum absolute atomic E-state index is 11.4. The molecule has 0 atom stereocenters. The van der Waals surface area contributed by atoms with Crippen molar-refractivity contribution in [1.82, 2.24) is 4.47 Å². The molecule has 1 aliphatic heterocycles. The topological polar surface area (TPSA) is 12.5 Å². The Morgan fingerprint density at radius 3 is 2.60 bits per heavy atom. The summed E-state index contributed by atoms with van der Waals surface area (Å²) < 4.78 is 34.7. The Morgan fingerprint density at radius 1 is 1.50 bits per heavy atom. The van der Waals surface area contributed by atoms with Gasteiger partial charge in [0.25, 0.3) is 0 Å². The van der Waals surface area contributed by atoms with Gasteiger partial charge in [0, 0.05) is 6.20 Å². The maximum Gasteiger partial charge on any atom is 0.544 e. The van der Waals surface area contributed by atoms with Crippen LogP contribution in [0.2, 0.25) is 0 Å². The molecule has 0 saturated carbocycles. The van der Waals surface area contributed by atoms with Gasteiger partial charge in [0.2, 0.25) is 0 Å². The standard InChI is InChI=1S/C4H2F3NOS/c5-4(6,7)9-8-2-1-3-10-8/h1-2H. The van der Waals surface area contributed by atoms with E-state index in [-0.39, 0.29) is 0 Å². The second-order valence-electron chi connectivity index (χ2n) is 1.35. The molecule has 2 nitrogen and oxygen atoms in total. The number of hydroxylamine groups is 1. The van der Waals surface area contributed by atoms with E-state index in [0.29, 0.717) is 16.4 Å². The second kappa shape index (κ2) is 2.71. The fourth-order valence-electron chi connectivity index (χ4n) is 0.355. The Hall–Kier alpha value is -0.360. The molecular formula is C4H2F3NOS. The lowest BCUT2D eigenvalue weighted by Crippen LogP contribution is -2.20. The molecule has 0 amide bonds. The molecule has 1 aliphatic rings. The number of alkyl halides is 3. The van der Waals surface area contributed by atoms with E-state index in [1.807, 2.05) is 0 Å². The summed E-state index contributed by atoms with van der Waals surface area (Å²) in [5, 5.41) is 0. The van der Waals surface area contributed by atoms with Gasteiger partial charge >= 0.3 is 6.36 Å². The maximum atomic E-state index is 11.4. The number of hydrogen-bond donors (Lipinski definition) is 0. The number of hydrogen-bond acceptors (Lipinski definition) is 3. The summed E-state index contributed by atoms with van der Waals surface area (Å²) in [6.07, 6.45) is -2.17. The molecular weight excluding hydrogens is 167 g/mol. The zero-order chi connectivity index (χ0) is 7.61. The van der Waals surface area contributed by atoms with Crippen molar-refractivity contribution in [3.05, 3.63) is 18.0 Å². The van der Waals surface area contributed by atoms with Crippen molar-refractivity contribution >= 4 is 11.9 Å². The van der Waals surface area contributed by atoms with Crippen LogP contribution in [0.1, 0.15) is 0 Å². The first kappa shape index (κ1) is 7.74. The minimum Gasteiger partial charge on any atom is -0.193 e. The van der Waals surface area contributed by atoms with Gasteiger partial charge in [-0.1, -0.05) is 0 Å². The van der Waals surface area contributed by atoms with Gasteiger partial charge in [0.15, 0.2) is 0 Å². The summed E-state index contributed by atoms with van der Waals surface area (Å²) in [5.74, 6) is 2.43. The van der Waals surface area contributed by atoms with Gasteiger partial charge in [-0.05, 0) is 18.0 Å². The second-order valence-corrected chi connectivity index (χ2v) is 2.13. The van der Waals surface area contributed by atoms with Crippen LogP contribution in [0.5, 0.6) is 0 Å². The predicted octanol–water partition coefficient (Wildman–Crippen LogP) is 1.95. The van der Waals surface area contributed by atoms with Crippen molar-refractivity contribution in [2.45, 2.75) is 6.36 Å². The molecule has 0 spiro atoms. The van der Waals surface area contributed by atoms with Gasteiger partial charge in [-0.25, -0.2) is 0 Å². The number of rotatable bonds is 1. The number of halogens is 3. The Balaban J connectivity index is 2.31. The molecule has 2 radical (unpaired) electrons. The van der Waals surface area contributed by atoms with E-state index in [1.54, 1.807) is 0 Å². The molecule has 6 heteroatoms. The average Bonchev–Trinajstić information content (AvgIpc) is 2.12. The Kier molecular flexibility index (Phi) is 2.10. The minimum atomic E-state index is -4.62. The first-order chi connectivity index (χ1) is 4.58. The van der Waals surface area contributed by atoms with Crippen LogP contribution < -0.4 is 0 Å². The molecule has 0 bridgehead atoms. The van der Waals surface area contributed by atoms with Crippen molar-refractivity contribution in [2.24, 2.45) is 0 Å². The molecule has 0 saturated heterocycles. The lowest BCUT2D eigenvalue weighted by molar-refractivity contribution is -0.377. The average molecular weight is 169 g/mol. The van der Waals surface area contributed by atoms with Crippen LogP contribution in [0, 0.1) is 5.75 Å². The van der Waals surface area contributed by atoms with Gasteiger partial charge in [0.1, 0.15) is 5.75 Å². The Bertz CT molecular complexity index is 146. The molecule has 0 aliphatic carbocycles. The summed E-state index contributed by atoms with van der Waals surface area (Å²) in [5.41, 5.74) is 0. The summed E-state index contributed by atoms with van der Waals surface area (Å²) >= 11 is 0.699. The normalized spacial score (nSPS) is 18.5. The molecule has 0 unspecified atom stereocenters. The molecule has 56 valence electrons. The van der Waals surface area contributed by atoms with Crippen LogP contribution >= 0.6 is 11.9 Å². The zero-order valence-electron chi connectivity index (χ0n) is 4.55. The van der Waals surface area contributed by atoms with Crippen LogP contribution in [0.4, 0.5) is 13.2 Å². The van der Waals surface area contributed by atoms with E-state index < -0.39 is 6.36 Å². The fourth-order valence-corrected chi connectivity index (χ4v) is 0.824. The van der Waals surface area contributed by atoms with Crippen LogP contribution in [-0.2, 0) is 4.84 Å². The fraction of sp³-hybridized carbons (Fsp3) is 0.250. The van der Waals surface area contributed by atoms with E-state index in [2.05, 4.69) is 10.6 Å². The molecule has 1 rings (SSSR count). The van der Waals surface area contributed by atoms with E-state index in [0.717, 1.165) is 6.20 Å². The van der Waals surface area contributed by atoms with Gasteiger partial charge in [-0.15, -0.1) is 13.2 Å². The molecule has 0 fully saturated rings. The van der Waals surface area contributed by atoms with E-state index in [4.69, 9.17) is 0 Å². The van der Waals surface area contributed by atoms with Gasteiger partial charge in [0.05, 0.1) is 0 Å². The highest BCUT2D eigenvalue weighted by Gasteiger charge is 2.33. The van der Waals surface area contributed by atoms with Crippen molar-refractivity contribution in [3.63, 3.8) is 0 Å². The van der Waals surface area contributed by atoms with Crippen molar-refractivity contribution < 1.29 is 18.0 Å². The summed E-state index contributed by atoms with van der Waals surface area (Å²) in [6, 6.07) is 0. The highest BCUT2D eigenvalue weighted by molar-refractivity contribution is 7.99. The van der Waals surface area contributed by atoms with Crippen molar-refractivity contribution in [1.29, 1.82) is 0 Å². The van der Waals surface area contributed by atoms with E-state index in [9.17, 15) is 13.2 Å². The first-order valence-corrected chi connectivity index (χ1v) is 2.99. The summed E-state index contributed by atoms with van der Waals surface area (Å²) in [6.45, 7) is 0. The third-order valence-corrected chi connectivity index (χ3v) is 1.22. The smallest absolute Gasteiger partial charge is 0.193 e. The molecule has 1 heterocycles. The molecule has 0 aromatic rings. The first-order valence-electron chi connectivity index (χ1n) is 2.22. The number of nitrogens with zero attached hydrogens (tertiary/aromatic N) is 1. The van der Waals surface area contributed by atoms with E-state index >= 15 is 0 Å². The lowest BCUT2D eigenvalue weighted by Gasteiger charge is -2.14. The summed E-state index contributed by atoms with van der Waals surface area (Å²) in [7, 11) is 0. The minimum absolute atomic E-state index is 0.569. The molecule has 0 aromatic carbocycles. The Morgan fingerprint density at radius 2 is 2.20 bits per heavy atom. The van der Waals surface area contributed by atoms with Crippen LogP contribution in [0.15, 0.2) is 12.3 Å².